The van der Waals surface area contributed by atoms with Gasteiger partial charge < -0.3 is 9.32 Å². The fourth-order valence-electron chi connectivity index (χ4n) is 5.24. The van der Waals surface area contributed by atoms with Gasteiger partial charge in [0.2, 0.25) is 0 Å². The van der Waals surface area contributed by atoms with Crippen molar-refractivity contribution in [1.29, 1.82) is 0 Å². The first kappa shape index (κ1) is 19.7. The number of amides is 1. The van der Waals surface area contributed by atoms with Crippen molar-refractivity contribution in [1.82, 2.24) is 9.47 Å². The number of aromatic nitrogens is 1. The molecule has 0 atom stereocenters. The minimum atomic E-state index is -0.351. The lowest BCUT2D eigenvalue weighted by Crippen LogP contribution is -2.40. The summed E-state index contributed by atoms with van der Waals surface area (Å²) >= 11 is 0. The number of benzene rings is 3. The van der Waals surface area contributed by atoms with E-state index < -0.39 is 0 Å². The van der Waals surface area contributed by atoms with Gasteiger partial charge in [0.1, 0.15) is 0 Å². The van der Waals surface area contributed by atoms with Crippen LogP contribution < -0.4 is 5.76 Å². The van der Waals surface area contributed by atoms with Gasteiger partial charge in [-0.3, -0.25) is 14.2 Å². The molecule has 1 aromatic heterocycles. The van der Waals surface area contributed by atoms with E-state index in [1.165, 1.54) is 0 Å². The van der Waals surface area contributed by atoms with Crippen LogP contribution in [0.3, 0.4) is 0 Å². The van der Waals surface area contributed by atoms with E-state index in [-0.39, 0.29) is 23.5 Å². The predicted octanol–water partition coefficient (Wildman–Crippen LogP) is 4.59. The van der Waals surface area contributed by atoms with Crippen LogP contribution in [0.25, 0.3) is 22.2 Å². The fourth-order valence-corrected chi connectivity index (χ4v) is 5.24. The summed E-state index contributed by atoms with van der Waals surface area (Å²) in [7, 11) is 0. The first-order chi connectivity index (χ1) is 16.0. The molecular formula is C27H22N2O4. The molecule has 0 N–H and O–H groups in total. The van der Waals surface area contributed by atoms with Crippen molar-refractivity contribution < 1.29 is 14.0 Å². The number of likely N-dealkylation sites (tertiary alicyclic amines) is 1. The molecule has 0 unspecified atom stereocenters. The summed E-state index contributed by atoms with van der Waals surface area (Å²) < 4.78 is 7.17. The molecule has 1 fully saturated rings. The quantitative estimate of drug-likeness (QED) is 0.404. The largest absolute Gasteiger partial charge is 0.420 e. The van der Waals surface area contributed by atoms with Crippen molar-refractivity contribution in [3.8, 4) is 11.1 Å². The third-order valence-electron chi connectivity index (χ3n) is 6.87. The zero-order chi connectivity index (χ0) is 22.7. The lowest BCUT2D eigenvalue weighted by Gasteiger charge is -2.32. The third-order valence-corrected chi connectivity index (χ3v) is 6.87. The van der Waals surface area contributed by atoms with Gasteiger partial charge in [0.05, 0.1) is 5.52 Å². The fraction of sp³-hybridized carbons (Fsp3) is 0.222. The number of aryl methyl sites for hydroxylation is 1. The first-order valence-electron chi connectivity index (χ1n) is 11.2. The molecule has 164 valence electrons. The van der Waals surface area contributed by atoms with Crippen LogP contribution in [0.5, 0.6) is 0 Å². The zero-order valence-electron chi connectivity index (χ0n) is 18.2. The van der Waals surface area contributed by atoms with Crippen LogP contribution >= 0.6 is 0 Å². The van der Waals surface area contributed by atoms with Crippen molar-refractivity contribution in [3.05, 3.63) is 93.5 Å². The first-order valence-corrected chi connectivity index (χ1v) is 11.2. The topological polar surface area (TPSA) is 72.5 Å². The Balaban J connectivity index is 1.29. The summed E-state index contributed by atoms with van der Waals surface area (Å²) in [5, 5.41) is 0. The lowest BCUT2D eigenvalue weighted by atomic mass is 9.97. The maximum absolute atomic E-state index is 13.5. The smallest absolute Gasteiger partial charge is 0.408 e. The Bertz CT molecular complexity index is 1500. The number of hydrogen-bond acceptors (Lipinski definition) is 4. The summed E-state index contributed by atoms with van der Waals surface area (Å²) in [5.41, 5.74) is 5.81. The normalized spacial score (nSPS) is 15.7. The average Bonchev–Trinajstić information content (AvgIpc) is 3.32. The number of rotatable bonds is 2. The molecule has 0 spiro atoms. The second kappa shape index (κ2) is 7.30. The summed E-state index contributed by atoms with van der Waals surface area (Å²) in [6.45, 7) is 3.06. The van der Waals surface area contributed by atoms with E-state index in [0.29, 0.717) is 48.2 Å². The van der Waals surface area contributed by atoms with E-state index in [1.807, 2.05) is 54.3 Å². The summed E-state index contributed by atoms with van der Waals surface area (Å²) in [5.74, 6) is -0.457. The highest BCUT2D eigenvalue weighted by atomic mass is 16.4. The molecule has 2 heterocycles. The number of carbonyl (C=O) groups excluding carboxylic acids is 2. The van der Waals surface area contributed by atoms with E-state index in [2.05, 4.69) is 0 Å². The lowest BCUT2D eigenvalue weighted by molar-refractivity contribution is 0.0694. The Kier molecular flexibility index (Phi) is 4.37. The molecule has 1 saturated heterocycles. The molecule has 3 aromatic carbocycles. The Morgan fingerprint density at radius 3 is 2.42 bits per heavy atom. The van der Waals surface area contributed by atoms with Crippen molar-refractivity contribution in [2.75, 3.05) is 13.1 Å². The molecule has 6 nitrogen and oxygen atoms in total. The van der Waals surface area contributed by atoms with Gasteiger partial charge in [-0.05, 0) is 49.1 Å². The molecule has 2 aliphatic rings. The molecule has 1 aliphatic heterocycles. The molecule has 0 saturated carbocycles. The molecular weight excluding hydrogens is 416 g/mol. The number of oxazole rings is 1. The SMILES string of the molecule is Cc1ccc2oc(=O)n(C3CCN(C(=O)c4cccc5c4-c4ccccc4C5=O)CC3)c2c1. The molecule has 6 heteroatoms. The molecule has 4 aromatic rings. The van der Waals surface area contributed by atoms with Crippen molar-refractivity contribution >= 4 is 22.8 Å². The van der Waals surface area contributed by atoms with Crippen molar-refractivity contribution in [2.24, 2.45) is 0 Å². The molecule has 33 heavy (non-hydrogen) atoms. The molecule has 0 bridgehead atoms. The van der Waals surface area contributed by atoms with Crippen LogP contribution in [-0.2, 0) is 0 Å². The Morgan fingerprint density at radius 2 is 1.64 bits per heavy atom. The summed E-state index contributed by atoms with van der Waals surface area (Å²) in [6.07, 6.45) is 1.33. The zero-order valence-corrected chi connectivity index (χ0v) is 18.2. The van der Waals surface area contributed by atoms with Gasteiger partial charge >= 0.3 is 5.76 Å². The highest BCUT2D eigenvalue weighted by molar-refractivity contribution is 6.24. The standard InChI is InChI=1S/C27H22N2O4/c1-16-9-10-23-22(15-16)29(27(32)33-23)17-11-13-28(14-12-17)26(31)21-8-4-7-20-24(21)18-5-2-3-6-19(18)25(20)30/h2-10,15,17H,11-14H2,1H3. The monoisotopic (exact) mass is 438 g/mol. The highest BCUT2D eigenvalue weighted by Gasteiger charge is 2.33. The average molecular weight is 438 g/mol. The van der Waals surface area contributed by atoms with Crippen molar-refractivity contribution in [2.45, 2.75) is 25.8 Å². The van der Waals surface area contributed by atoms with E-state index in [1.54, 1.807) is 22.8 Å². The number of nitrogens with zero attached hydrogens (tertiary/aromatic N) is 2. The van der Waals surface area contributed by atoms with Crippen LogP contribution in [-0.4, -0.2) is 34.2 Å². The van der Waals surface area contributed by atoms with Crippen LogP contribution in [0, 0.1) is 6.92 Å². The van der Waals surface area contributed by atoms with Crippen LogP contribution in [0.4, 0.5) is 0 Å². The number of carbonyl (C=O) groups is 2. The maximum atomic E-state index is 13.5. The highest BCUT2D eigenvalue weighted by Crippen LogP contribution is 2.39. The Hall–Kier alpha value is -3.93. The molecule has 6 rings (SSSR count). The third kappa shape index (κ3) is 2.98. The summed E-state index contributed by atoms with van der Waals surface area (Å²) in [6, 6.07) is 18.5. The van der Waals surface area contributed by atoms with Gasteiger partial charge in [0, 0.05) is 41.4 Å². The second-order valence-electron chi connectivity index (χ2n) is 8.84. The Labute approximate surface area is 190 Å². The van der Waals surface area contributed by atoms with E-state index in [4.69, 9.17) is 4.42 Å². The minimum Gasteiger partial charge on any atom is -0.408 e. The number of hydrogen-bond donors (Lipinski definition) is 0. The van der Waals surface area contributed by atoms with E-state index in [0.717, 1.165) is 22.2 Å². The second-order valence-corrected chi connectivity index (χ2v) is 8.84. The van der Waals surface area contributed by atoms with Gasteiger partial charge in [-0.25, -0.2) is 4.79 Å². The van der Waals surface area contributed by atoms with Gasteiger partial charge in [0.15, 0.2) is 11.4 Å². The van der Waals surface area contributed by atoms with Gasteiger partial charge in [-0.15, -0.1) is 0 Å². The van der Waals surface area contributed by atoms with Crippen molar-refractivity contribution in [3.63, 3.8) is 0 Å². The van der Waals surface area contributed by atoms with Crippen LogP contribution in [0.15, 0.2) is 69.9 Å². The number of ketones is 1. The molecule has 1 amide bonds. The predicted molar refractivity (Wildman–Crippen MR) is 125 cm³/mol. The molecule has 0 radical (unpaired) electrons. The minimum absolute atomic E-state index is 0.0200. The summed E-state index contributed by atoms with van der Waals surface area (Å²) in [4.78, 5) is 40.7. The van der Waals surface area contributed by atoms with Gasteiger partial charge in [-0.1, -0.05) is 42.5 Å². The van der Waals surface area contributed by atoms with Crippen LogP contribution in [0.2, 0.25) is 0 Å². The number of fused-ring (bicyclic) bond motifs is 4. The van der Waals surface area contributed by atoms with Gasteiger partial charge in [-0.2, -0.15) is 0 Å². The van der Waals surface area contributed by atoms with E-state index >= 15 is 0 Å². The van der Waals surface area contributed by atoms with Gasteiger partial charge in [0.25, 0.3) is 5.91 Å². The molecule has 1 aliphatic carbocycles. The Morgan fingerprint density at radius 1 is 0.909 bits per heavy atom. The van der Waals surface area contributed by atoms with Crippen LogP contribution in [0.1, 0.15) is 50.7 Å². The number of piperidine rings is 1. The maximum Gasteiger partial charge on any atom is 0.420 e. The van der Waals surface area contributed by atoms with E-state index in [9.17, 15) is 14.4 Å².